The quantitative estimate of drug-likeness (QED) is 0.111. The summed E-state index contributed by atoms with van der Waals surface area (Å²) in [4.78, 5) is 82.8. The van der Waals surface area contributed by atoms with Crippen molar-refractivity contribution in [1.82, 2.24) is 21.3 Å². The maximum absolute atomic E-state index is 12.9. The fraction of sp³-hybridized carbons (Fsp3) is 0.632. The molecule has 34 heavy (non-hydrogen) atoms. The van der Waals surface area contributed by atoms with Crippen LogP contribution in [0, 0.1) is 0 Å². The van der Waals surface area contributed by atoms with Crippen LogP contribution in [0.5, 0.6) is 0 Å². The zero-order valence-corrected chi connectivity index (χ0v) is 18.5. The fourth-order valence-electron chi connectivity index (χ4n) is 3.24. The SMILES string of the molecule is NC(=O)CCC(NC(=O)C(CCC(N)=O)NC(=O)C1CCCN1)C(=O)NC(CC(N)=O)C(=O)O. The Labute approximate surface area is 194 Å². The lowest BCUT2D eigenvalue weighted by Crippen LogP contribution is -2.57. The van der Waals surface area contributed by atoms with E-state index in [1.807, 2.05) is 0 Å². The Morgan fingerprint density at radius 1 is 0.794 bits per heavy atom. The zero-order valence-electron chi connectivity index (χ0n) is 18.5. The van der Waals surface area contributed by atoms with E-state index in [1.165, 1.54) is 0 Å². The molecule has 0 aromatic carbocycles. The number of carbonyl (C=O) groups excluding carboxylic acids is 6. The highest BCUT2D eigenvalue weighted by molar-refractivity contribution is 5.95. The molecular weight excluding hydrogens is 454 g/mol. The molecule has 15 nitrogen and oxygen atoms in total. The van der Waals surface area contributed by atoms with Crippen LogP contribution in [0.1, 0.15) is 44.9 Å². The van der Waals surface area contributed by atoms with Gasteiger partial charge in [0, 0.05) is 12.8 Å². The summed E-state index contributed by atoms with van der Waals surface area (Å²) < 4.78 is 0. The maximum atomic E-state index is 12.9. The van der Waals surface area contributed by atoms with Crippen LogP contribution < -0.4 is 38.5 Å². The monoisotopic (exact) mass is 485 g/mol. The van der Waals surface area contributed by atoms with E-state index in [-0.39, 0.29) is 25.7 Å². The molecule has 0 bridgehead atoms. The van der Waals surface area contributed by atoms with Crippen LogP contribution in [-0.4, -0.2) is 77.2 Å². The molecule has 11 N–H and O–H groups in total. The zero-order chi connectivity index (χ0) is 25.8. The first-order chi connectivity index (χ1) is 15.9. The number of nitrogens with two attached hydrogens (primary N) is 3. The van der Waals surface area contributed by atoms with Crippen LogP contribution in [0.25, 0.3) is 0 Å². The Balaban J connectivity index is 2.98. The molecule has 0 spiro atoms. The number of primary amides is 3. The van der Waals surface area contributed by atoms with Gasteiger partial charge >= 0.3 is 5.97 Å². The summed E-state index contributed by atoms with van der Waals surface area (Å²) in [5.41, 5.74) is 15.2. The third-order valence-corrected chi connectivity index (χ3v) is 5.02. The lowest BCUT2D eigenvalue weighted by molar-refractivity contribution is -0.144. The molecule has 1 fully saturated rings. The number of nitrogens with one attached hydrogen (secondary N) is 4. The van der Waals surface area contributed by atoms with E-state index in [0.717, 1.165) is 6.42 Å². The van der Waals surface area contributed by atoms with Crippen molar-refractivity contribution in [3.63, 3.8) is 0 Å². The Kier molecular flexibility index (Phi) is 11.4. The van der Waals surface area contributed by atoms with E-state index in [2.05, 4.69) is 21.3 Å². The lowest BCUT2D eigenvalue weighted by Gasteiger charge is -2.25. The molecule has 6 amide bonds. The molecule has 0 radical (unpaired) electrons. The first-order valence-corrected chi connectivity index (χ1v) is 10.6. The molecule has 1 aliphatic heterocycles. The van der Waals surface area contributed by atoms with E-state index in [0.29, 0.717) is 13.0 Å². The molecule has 4 unspecified atom stereocenters. The van der Waals surface area contributed by atoms with Crippen molar-refractivity contribution < 1.29 is 38.7 Å². The summed E-state index contributed by atoms with van der Waals surface area (Å²) in [6, 6.07) is -4.88. The van der Waals surface area contributed by atoms with Gasteiger partial charge in [-0.1, -0.05) is 0 Å². The number of hydrogen-bond acceptors (Lipinski definition) is 8. The number of rotatable bonds is 15. The van der Waals surface area contributed by atoms with Crippen molar-refractivity contribution in [3.05, 3.63) is 0 Å². The van der Waals surface area contributed by atoms with Gasteiger partial charge in [0.1, 0.15) is 18.1 Å². The predicted molar refractivity (Wildman–Crippen MR) is 115 cm³/mol. The summed E-state index contributed by atoms with van der Waals surface area (Å²) in [5.74, 6) is -6.38. The van der Waals surface area contributed by atoms with Gasteiger partial charge in [-0.05, 0) is 32.2 Å². The fourth-order valence-corrected chi connectivity index (χ4v) is 3.24. The Bertz CT molecular complexity index is 812. The highest BCUT2D eigenvalue weighted by Crippen LogP contribution is 2.08. The van der Waals surface area contributed by atoms with Crippen molar-refractivity contribution in [2.75, 3.05) is 6.54 Å². The minimum absolute atomic E-state index is 0.163. The Morgan fingerprint density at radius 2 is 1.29 bits per heavy atom. The highest BCUT2D eigenvalue weighted by atomic mass is 16.4. The minimum Gasteiger partial charge on any atom is -0.480 e. The van der Waals surface area contributed by atoms with Crippen LogP contribution in [0.3, 0.4) is 0 Å². The third kappa shape index (κ3) is 10.2. The van der Waals surface area contributed by atoms with Gasteiger partial charge < -0.3 is 43.6 Å². The van der Waals surface area contributed by atoms with E-state index < -0.39 is 72.0 Å². The topological polar surface area (TPSA) is 266 Å². The second kappa shape index (κ2) is 13.7. The molecule has 0 aromatic heterocycles. The third-order valence-electron chi connectivity index (χ3n) is 5.02. The van der Waals surface area contributed by atoms with Gasteiger partial charge in [-0.2, -0.15) is 0 Å². The summed E-state index contributed by atoms with van der Waals surface area (Å²) in [5, 5.41) is 19.1. The lowest BCUT2D eigenvalue weighted by atomic mass is 10.1. The molecule has 0 aliphatic carbocycles. The van der Waals surface area contributed by atoms with Gasteiger partial charge in [0.05, 0.1) is 12.5 Å². The van der Waals surface area contributed by atoms with Crippen molar-refractivity contribution in [2.24, 2.45) is 17.2 Å². The van der Waals surface area contributed by atoms with Crippen molar-refractivity contribution in [3.8, 4) is 0 Å². The number of aliphatic carboxylic acids is 1. The molecule has 15 heteroatoms. The summed E-state index contributed by atoms with van der Waals surface area (Å²) in [7, 11) is 0. The largest absolute Gasteiger partial charge is 0.480 e. The van der Waals surface area contributed by atoms with Crippen LogP contribution in [-0.2, 0) is 33.6 Å². The Morgan fingerprint density at radius 3 is 1.71 bits per heavy atom. The molecular formula is C19H31N7O8. The average molecular weight is 485 g/mol. The number of carboxylic acids is 1. The van der Waals surface area contributed by atoms with Crippen molar-refractivity contribution in [1.29, 1.82) is 0 Å². The van der Waals surface area contributed by atoms with Crippen LogP contribution in [0.2, 0.25) is 0 Å². The van der Waals surface area contributed by atoms with Crippen LogP contribution in [0.4, 0.5) is 0 Å². The maximum Gasteiger partial charge on any atom is 0.326 e. The molecule has 0 aromatic rings. The smallest absolute Gasteiger partial charge is 0.326 e. The first kappa shape index (κ1) is 28.3. The number of amides is 6. The van der Waals surface area contributed by atoms with E-state index in [1.54, 1.807) is 0 Å². The second-order valence-electron chi connectivity index (χ2n) is 7.85. The second-order valence-corrected chi connectivity index (χ2v) is 7.85. The standard InChI is InChI=1S/C19H31N7O8/c20-13(27)5-3-10(24-16(30)9-2-1-7-23-9)17(31)25-11(4-6-14(21)28)18(32)26-12(19(33)34)8-15(22)29/h9-12,23H,1-8H2,(H2,20,27)(H2,21,28)(H2,22,29)(H,24,30)(H,25,31)(H,26,32)(H,33,34). The average Bonchev–Trinajstić information content (AvgIpc) is 3.27. The van der Waals surface area contributed by atoms with E-state index >= 15 is 0 Å². The molecule has 0 saturated carbocycles. The normalized spacial score (nSPS) is 17.6. The predicted octanol–water partition coefficient (Wildman–Crippen LogP) is -4.32. The van der Waals surface area contributed by atoms with Gasteiger partial charge in [0.15, 0.2) is 0 Å². The van der Waals surface area contributed by atoms with Crippen molar-refractivity contribution >= 4 is 41.4 Å². The molecule has 190 valence electrons. The summed E-state index contributed by atoms with van der Waals surface area (Å²) >= 11 is 0. The van der Waals surface area contributed by atoms with Gasteiger partial charge in [-0.25, -0.2) is 4.79 Å². The van der Waals surface area contributed by atoms with Gasteiger partial charge in [-0.15, -0.1) is 0 Å². The molecule has 1 heterocycles. The van der Waals surface area contributed by atoms with Gasteiger partial charge in [0.25, 0.3) is 0 Å². The first-order valence-electron chi connectivity index (χ1n) is 10.6. The summed E-state index contributed by atoms with van der Waals surface area (Å²) in [6.45, 7) is 0.627. The molecule has 1 aliphatic rings. The van der Waals surface area contributed by atoms with E-state index in [4.69, 9.17) is 17.2 Å². The molecule has 4 atom stereocenters. The van der Waals surface area contributed by atoms with Crippen LogP contribution in [0.15, 0.2) is 0 Å². The minimum atomic E-state index is -1.67. The molecule has 1 rings (SSSR count). The highest BCUT2D eigenvalue weighted by Gasteiger charge is 2.32. The van der Waals surface area contributed by atoms with Gasteiger partial charge in [0.2, 0.25) is 35.4 Å². The van der Waals surface area contributed by atoms with Crippen molar-refractivity contribution in [2.45, 2.75) is 69.1 Å². The number of carboxylic acid groups (broad SMARTS) is 1. The summed E-state index contributed by atoms with van der Waals surface area (Å²) in [6.07, 6.45) is -0.425. The number of carbonyl (C=O) groups is 7. The van der Waals surface area contributed by atoms with E-state index in [9.17, 15) is 38.7 Å². The van der Waals surface area contributed by atoms with Gasteiger partial charge in [-0.3, -0.25) is 28.8 Å². The van der Waals surface area contributed by atoms with Crippen LogP contribution >= 0.6 is 0 Å². The number of hydrogen-bond donors (Lipinski definition) is 8. The Hall–Kier alpha value is -3.75. The molecule has 1 saturated heterocycles.